The van der Waals surface area contributed by atoms with Gasteiger partial charge in [-0.3, -0.25) is 0 Å². The summed E-state index contributed by atoms with van der Waals surface area (Å²) in [5, 5.41) is 20.9. The molecule has 0 saturated heterocycles. The Balaban J connectivity index is 0.00000144. The SMILES string of the molecule is O=C([O-])[C@H]1CCCC[C@@H]1C(=O)[O-].[Ca+2]. The quantitative estimate of drug-likeness (QED) is 0.489. The van der Waals surface area contributed by atoms with Crippen molar-refractivity contribution in [1.29, 1.82) is 0 Å². The molecule has 5 heteroatoms. The normalized spacial score (nSPS) is 27.4. The molecule has 4 nitrogen and oxygen atoms in total. The molecule has 0 spiro atoms. The van der Waals surface area contributed by atoms with Crippen molar-refractivity contribution < 1.29 is 19.8 Å². The van der Waals surface area contributed by atoms with Gasteiger partial charge in [-0.2, -0.15) is 0 Å². The van der Waals surface area contributed by atoms with Gasteiger partial charge in [0.25, 0.3) is 0 Å². The summed E-state index contributed by atoms with van der Waals surface area (Å²) in [6, 6.07) is 0. The van der Waals surface area contributed by atoms with Crippen LogP contribution < -0.4 is 10.2 Å². The number of carbonyl (C=O) groups excluding carboxylic acids is 2. The first-order valence-corrected chi connectivity index (χ1v) is 4.04. The van der Waals surface area contributed by atoms with Gasteiger partial charge >= 0.3 is 37.7 Å². The molecule has 68 valence electrons. The van der Waals surface area contributed by atoms with Crippen molar-refractivity contribution in [3.8, 4) is 0 Å². The molecule has 1 fully saturated rings. The van der Waals surface area contributed by atoms with Crippen molar-refractivity contribution in [1.82, 2.24) is 0 Å². The molecule has 0 aromatic heterocycles. The molecule has 2 atom stereocenters. The maximum atomic E-state index is 10.5. The Bertz CT molecular complexity index is 182. The van der Waals surface area contributed by atoms with E-state index in [4.69, 9.17) is 0 Å². The van der Waals surface area contributed by atoms with Crippen molar-refractivity contribution in [3.05, 3.63) is 0 Å². The fourth-order valence-electron chi connectivity index (χ4n) is 1.70. The van der Waals surface area contributed by atoms with Crippen LogP contribution in [0.15, 0.2) is 0 Å². The van der Waals surface area contributed by atoms with Crippen LogP contribution in [-0.2, 0) is 9.59 Å². The van der Waals surface area contributed by atoms with Gasteiger partial charge < -0.3 is 19.8 Å². The third-order valence-corrected chi connectivity index (χ3v) is 2.37. The van der Waals surface area contributed by atoms with Crippen LogP contribution in [0.2, 0.25) is 0 Å². The molecule has 13 heavy (non-hydrogen) atoms. The van der Waals surface area contributed by atoms with E-state index < -0.39 is 23.8 Å². The van der Waals surface area contributed by atoms with E-state index in [1.807, 2.05) is 0 Å². The summed E-state index contributed by atoms with van der Waals surface area (Å²) in [6.07, 6.45) is 2.34. The van der Waals surface area contributed by atoms with E-state index in [0.29, 0.717) is 12.8 Å². The Morgan fingerprint density at radius 1 is 0.923 bits per heavy atom. The van der Waals surface area contributed by atoms with Gasteiger partial charge in [-0.15, -0.1) is 0 Å². The molecule has 0 unspecified atom stereocenters. The van der Waals surface area contributed by atoms with Crippen molar-refractivity contribution in [2.24, 2.45) is 11.8 Å². The fourth-order valence-corrected chi connectivity index (χ4v) is 1.70. The summed E-state index contributed by atoms with van der Waals surface area (Å²) in [6.45, 7) is 0. The van der Waals surface area contributed by atoms with Crippen molar-refractivity contribution in [2.75, 3.05) is 0 Å². The molecule has 1 aliphatic carbocycles. The van der Waals surface area contributed by atoms with E-state index in [2.05, 4.69) is 0 Å². The number of rotatable bonds is 2. The van der Waals surface area contributed by atoms with Crippen LogP contribution in [0.4, 0.5) is 0 Å². The Hall–Kier alpha value is 0.200. The average molecular weight is 210 g/mol. The number of carboxylic acids is 2. The van der Waals surface area contributed by atoms with Crippen molar-refractivity contribution >= 4 is 49.7 Å². The first-order chi connectivity index (χ1) is 5.63. The van der Waals surface area contributed by atoms with Gasteiger partial charge in [-0.25, -0.2) is 0 Å². The van der Waals surface area contributed by atoms with Gasteiger partial charge in [0.15, 0.2) is 0 Å². The second-order valence-electron chi connectivity index (χ2n) is 3.14. The summed E-state index contributed by atoms with van der Waals surface area (Å²) in [5.41, 5.74) is 0. The first-order valence-electron chi connectivity index (χ1n) is 4.04. The number of carboxylic acid groups (broad SMARTS) is 2. The van der Waals surface area contributed by atoms with Crippen LogP contribution in [0, 0.1) is 11.8 Å². The monoisotopic (exact) mass is 210 g/mol. The first kappa shape index (κ1) is 13.2. The van der Waals surface area contributed by atoms with Gasteiger partial charge in [0.1, 0.15) is 0 Å². The van der Waals surface area contributed by atoms with Crippen LogP contribution in [0.5, 0.6) is 0 Å². The minimum Gasteiger partial charge on any atom is -0.550 e. The van der Waals surface area contributed by atoms with E-state index in [9.17, 15) is 19.8 Å². The van der Waals surface area contributed by atoms with Gasteiger partial charge in [0.05, 0.1) is 0 Å². The Kier molecular flexibility index (Phi) is 5.92. The maximum absolute atomic E-state index is 10.5. The van der Waals surface area contributed by atoms with Crippen LogP contribution >= 0.6 is 0 Å². The van der Waals surface area contributed by atoms with E-state index in [0.717, 1.165) is 12.8 Å². The molecular weight excluding hydrogens is 200 g/mol. The van der Waals surface area contributed by atoms with Crippen LogP contribution in [0.1, 0.15) is 25.7 Å². The van der Waals surface area contributed by atoms with Gasteiger partial charge in [0, 0.05) is 23.8 Å². The number of carbonyl (C=O) groups is 2. The van der Waals surface area contributed by atoms with Crippen LogP contribution in [0.3, 0.4) is 0 Å². The molecule has 0 amide bonds. The van der Waals surface area contributed by atoms with Crippen molar-refractivity contribution in [3.63, 3.8) is 0 Å². The fraction of sp³-hybridized carbons (Fsp3) is 0.750. The Labute approximate surface area is 106 Å². The predicted octanol–water partition coefficient (Wildman–Crippen LogP) is -2.09. The van der Waals surface area contributed by atoms with Gasteiger partial charge in [0.2, 0.25) is 0 Å². The van der Waals surface area contributed by atoms with E-state index in [-0.39, 0.29) is 37.7 Å². The maximum Gasteiger partial charge on any atom is 2.00 e. The summed E-state index contributed by atoms with van der Waals surface area (Å²) in [5.74, 6) is -4.21. The van der Waals surface area contributed by atoms with Crippen LogP contribution in [-0.4, -0.2) is 49.7 Å². The van der Waals surface area contributed by atoms with E-state index in [1.54, 1.807) is 0 Å². The molecule has 1 saturated carbocycles. The second kappa shape index (κ2) is 5.83. The molecule has 1 aliphatic rings. The standard InChI is InChI=1S/C8H12O4.Ca/c9-7(10)5-3-1-2-4-6(5)8(11)12;/h5-6H,1-4H2,(H,9,10)(H,11,12);/q;+2/p-2/t5-,6-;/m0./s1. The third kappa shape index (κ3) is 3.44. The van der Waals surface area contributed by atoms with Crippen molar-refractivity contribution in [2.45, 2.75) is 25.7 Å². The number of aliphatic carboxylic acids is 2. The van der Waals surface area contributed by atoms with E-state index >= 15 is 0 Å². The molecular formula is C8H10CaO4. The molecule has 0 aromatic rings. The largest absolute Gasteiger partial charge is 2.00 e. The summed E-state index contributed by atoms with van der Waals surface area (Å²) >= 11 is 0. The summed E-state index contributed by atoms with van der Waals surface area (Å²) < 4.78 is 0. The summed E-state index contributed by atoms with van der Waals surface area (Å²) in [4.78, 5) is 20.9. The molecule has 1 rings (SSSR count). The molecule has 0 aromatic carbocycles. The van der Waals surface area contributed by atoms with E-state index in [1.165, 1.54) is 0 Å². The molecule has 0 heterocycles. The Morgan fingerprint density at radius 3 is 1.46 bits per heavy atom. The average Bonchev–Trinajstić information content (AvgIpc) is 2.04. The topological polar surface area (TPSA) is 80.3 Å². The van der Waals surface area contributed by atoms with Gasteiger partial charge in [-0.05, 0) is 12.8 Å². The zero-order valence-electron chi connectivity index (χ0n) is 7.32. The summed E-state index contributed by atoms with van der Waals surface area (Å²) in [7, 11) is 0. The molecule has 0 radical (unpaired) electrons. The minimum atomic E-state index is -1.26. The predicted molar refractivity (Wildman–Crippen MR) is 41.2 cm³/mol. The number of hydrogen-bond acceptors (Lipinski definition) is 4. The third-order valence-electron chi connectivity index (χ3n) is 2.37. The minimum absolute atomic E-state index is 0. The number of hydrogen-bond donors (Lipinski definition) is 0. The second-order valence-corrected chi connectivity index (χ2v) is 3.14. The zero-order chi connectivity index (χ0) is 9.14. The molecule has 0 bridgehead atoms. The zero-order valence-corrected chi connectivity index (χ0v) is 9.53. The van der Waals surface area contributed by atoms with Crippen LogP contribution in [0.25, 0.3) is 0 Å². The molecule has 0 N–H and O–H groups in total. The van der Waals surface area contributed by atoms with Gasteiger partial charge in [-0.1, -0.05) is 12.8 Å². The smallest absolute Gasteiger partial charge is 0.550 e. The molecule has 0 aliphatic heterocycles. The Morgan fingerprint density at radius 2 is 1.23 bits per heavy atom.